The molecule has 4 heteroatoms. The Hall–Kier alpha value is -1.39. The lowest BCUT2D eigenvalue weighted by atomic mass is 9.70. The first kappa shape index (κ1) is 17.0. The molecule has 0 spiro atoms. The smallest absolute Gasteiger partial charge is 0.230 e. The van der Waals surface area contributed by atoms with Crippen molar-refractivity contribution < 1.29 is 4.79 Å². The number of amides is 1. The van der Waals surface area contributed by atoms with Gasteiger partial charge in [0.1, 0.15) is 0 Å². The van der Waals surface area contributed by atoms with Crippen LogP contribution in [-0.4, -0.2) is 60.5 Å². The van der Waals surface area contributed by atoms with Gasteiger partial charge in [-0.25, -0.2) is 0 Å². The van der Waals surface area contributed by atoms with Gasteiger partial charge < -0.3 is 10.2 Å². The third kappa shape index (κ3) is 3.22. The van der Waals surface area contributed by atoms with Crippen LogP contribution in [0.1, 0.15) is 38.2 Å². The first-order valence-electron chi connectivity index (χ1n) is 10.0. The number of piperazine rings is 1. The summed E-state index contributed by atoms with van der Waals surface area (Å²) in [7, 11) is 0. The van der Waals surface area contributed by atoms with Crippen LogP contribution in [0.2, 0.25) is 0 Å². The second kappa shape index (κ2) is 7.08. The second-order valence-electron chi connectivity index (χ2n) is 8.08. The molecule has 3 aliphatic rings. The zero-order valence-corrected chi connectivity index (χ0v) is 15.4. The van der Waals surface area contributed by atoms with Gasteiger partial charge in [-0.15, -0.1) is 0 Å². The molecule has 3 atom stereocenters. The van der Waals surface area contributed by atoms with Crippen molar-refractivity contribution in [2.24, 2.45) is 5.41 Å². The average Bonchev–Trinajstić information content (AvgIpc) is 3.29. The van der Waals surface area contributed by atoms with Crippen molar-refractivity contribution >= 4 is 5.91 Å². The van der Waals surface area contributed by atoms with Crippen LogP contribution < -0.4 is 5.32 Å². The standard InChI is InChI=1S/C21H31N3O/c1-2-21(16-18-8-9-19(21)22-18)20(25)24-14-12-23(13-15-24)11-10-17-6-4-3-5-7-17/h3-7,18-19,22H,2,8-16H2,1H3/t18-,19+,21+/m0/s1. The van der Waals surface area contributed by atoms with E-state index in [1.165, 1.54) is 18.4 Å². The quantitative estimate of drug-likeness (QED) is 0.893. The molecule has 0 aromatic heterocycles. The Morgan fingerprint density at radius 1 is 1.16 bits per heavy atom. The Bertz CT molecular complexity index is 596. The number of nitrogens with one attached hydrogen (secondary N) is 1. The van der Waals surface area contributed by atoms with Gasteiger partial charge in [-0.3, -0.25) is 9.69 Å². The zero-order valence-electron chi connectivity index (χ0n) is 15.4. The summed E-state index contributed by atoms with van der Waals surface area (Å²) in [5, 5.41) is 3.68. The normalized spacial score (nSPS) is 32.3. The molecule has 0 radical (unpaired) electrons. The van der Waals surface area contributed by atoms with Gasteiger partial charge in [0.25, 0.3) is 0 Å². The van der Waals surface area contributed by atoms with Gasteiger partial charge in [-0.2, -0.15) is 0 Å². The van der Waals surface area contributed by atoms with Gasteiger partial charge in [0.15, 0.2) is 0 Å². The summed E-state index contributed by atoms with van der Waals surface area (Å²) in [5.74, 6) is 0.428. The Morgan fingerprint density at radius 3 is 2.52 bits per heavy atom. The van der Waals surface area contributed by atoms with Crippen LogP contribution in [0, 0.1) is 5.41 Å². The maximum absolute atomic E-state index is 13.3. The van der Waals surface area contributed by atoms with Gasteiger partial charge in [0, 0.05) is 44.8 Å². The largest absolute Gasteiger partial charge is 0.340 e. The Labute approximate surface area is 151 Å². The number of fused-ring (bicyclic) bond motifs is 2. The minimum absolute atomic E-state index is 0.116. The van der Waals surface area contributed by atoms with Crippen molar-refractivity contribution in [1.29, 1.82) is 0 Å². The summed E-state index contributed by atoms with van der Waals surface area (Å²) in [6, 6.07) is 11.7. The van der Waals surface area contributed by atoms with E-state index >= 15 is 0 Å². The summed E-state index contributed by atoms with van der Waals surface area (Å²) in [4.78, 5) is 18.0. The Kier molecular flexibility index (Phi) is 4.83. The topological polar surface area (TPSA) is 35.6 Å². The predicted molar refractivity (Wildman–Crippen MR) is 100 cm³/mol. The Balaban J connectivity index is 1.30. The number of carbonyl (C=O) groups is 1. The molecule has 136 valence electrons. The molecule has 3 heterocycles. The second-order valence-corrected chi connectivity index (χ2v) is 8.08. The molecule has 1 aromatic rings. The van der Waals surface area contributed by atoms with Crippen LogP contribution in [0.25, 0.3) is 0 Å². The first-order chi connectivity index (χ1) is 12.2. The summed E-state index contributed by atoms with van der Waals surface area (Å²) in [5.41, 5.74) is 1.29. The molecule has 1 N–H and O–H groups in total. The molecule has 1 amide bonds. The lowest BCUT2D eigenvalue weighted by Crippen LogP contribution is -2.56. The lowest BCUT2D eigenvalue weighted by Gasteiger charge is -2.42. The van der Waals surface area contributed by atoms with Crippen LogP contribution in [0.15, 0.2) is 30.3 Å². The first-order valence-corrected chi connectivity index (χ1v) is 10.0. The third-order valence-corrected chi connectivity index (χ3v) is 6.79. The molecule has 1 aromatic carbocycles. The van der Waals surface area contributed by atoms with E-state index in [0.717, 1.165) is 52.0 Å². The van der Waals surface area contributed by atoms with Gasteiger partial charge in [-0.05, 0) is 37.7 Å². The zero-order chi connectivity index (χ0) is 17.3. The van der Waals surface area contributed by atoms with E-state index in [-0.39, 0.29) is 5.41 Å². The molecule has 0 unspecified atom stereocenters. The number of nitrogens with zero attached hydrogens (tertiary/aromatic N) is 2. The van der Waals surface area contributed by atoms with E-state index in [2.05, 4.69) is 52.4 Å². The minimum atomic E-state index is -0.116. The minimum Gasteiger partial charge on any atom is -0.340 e. The van der Waals surface area contributed by atoms with Gasteiger partial charge in [0.05, 0.1) is 5.41 Å². The van der Waals surface area contributed by atoms with Crippen molar-refractivity contribution in [3.05, 3.63) is 35.9 Å². The lowest BCUT2D eigenvalue weighted by molar-refractivity contribution is -0.145. The maximum Gasteiger partial charge on any atom is 0.230 e. The van der Waals surface area contributed by atoms with E-state index in [1.807, 2.05) is 0 Å². The molecule has 3 fully saturated rings. The Morgan fingerprint density at radius 2 is 1.92 bits per heavy atom. The molecule has 2 bridgehead atoms. The number of carbonyl (C=O) groups excluding carboxylic acids is 1. The highest BCUT2D eigenvalue weighted by molar-refractivity contribution is 5.84. The fourth-order valence-electron chi connectivity index (χ4n) is 5.20. The molecule has 3 aliphatic heterocycles. The predicted octanol–water partition coefficient (Wildman–Crippen LogP) is 2.29. The fourth-order valence-corrected chi connectivity index (χ4v) is 5.20. The summed E-state index contributed by atoms with van der Waals surface area (Å²) in [6.45, 7) is 7.12. The molecule has 4 rings (SSSR count). The molecular weight excluding hydrogens is 310 g/mol. The molecule has 0 saturated carbocycles. The monoisotopic (exact) mass is 341 g/mol. The summed E-state index contributed by atoms with van der Waals surface area (Å²) in [6.07, 6.45) is 5.57. The highest BCUT2D eigenvalue weighted by atomic mass is 16.2. The van der Waals surface area contributed by atoms with E-state index in [9.17, 15) is 4.79 Å². The number of rotatable bonds is 5. The van der Waals surface area contributed by atoms with E-state index in [4.69, 9.17) is 0 Å². The molecular formula is C21H31N3O. The van der Waals surface area contributed by atoms with Gasteiger partial charge in [0.2, 0.25) is 5.91 Å². The summed E-state index contributed by atoms with van der Waals surface area (Å²) >= 11 is 0. The van der Waals surface area contributed by atoms with Crippen LogP contribution in [0.3, 0.4) is 0 Å². The number of hydrogen-bond acceptors (Lipinski definition) is 3. The van der Waals surface area contributed by atoms with E-state index < -0.39 is 0 Å². The van der Waals surface area contributed by atoms with Crippen molar-refractivity contribution in [2.75, 3.05) is 32.7 Å². The van der Waals surface area contributed by atoms with E-state index in [0.29, 0.717) is 18.0 Å². The third-order valence-electron chi connectivity index (χ3n) is 6.79. The number of hydrogen-bond donors (Lipinski definition) is 1. The van der Waals surface area contributed by atoms with Gasteiger partial charge >= 0.3 is 0 Å². The molecule has 25 heavy (non-hydrogen) atoms. The number of benzene rings is 1. The van der Waals surface area contributed by atoms with Crippen molar-refractivity contribution in [3.8, 4) is 0 Å². The maximum atomic E-state index is 13.3. The van der Waals surface area contributed by atoms with Crippen LogP contribution in [0.4, 0.5) is 0 Å². The van der Waals surface area contributed by atoms with Gasteiger partial charge in [-0.1, -0.05) is 37.3 Å². The fraction of sp³-hybridized carbons (Fsp3) is 0.667. The van der Waals surface area contributed by atoms with Crippen LogP contribution >= 0.6 is 0 Å². The van der Waals surface area contributed by atoms with Crippen molar-refractivity contribution in [1.82, 2.24) is 15.1 Å². The highest BCUT2D eigenvalue weighted by Gasteiger charge is 2.55. The van der Waals surface area contributed by atoms with Crippen LogP contribution in [0.5, 0.6) is 0 Å². The van der Waals surface area contributed by atoms with Crippen LogP contribution in [-0.2, 0) is 11.2 Å². The molecule has 3 saturated heterocycles. The SMILES string of the molecule is CC[C@@]1(C(=O)N2CCN(CCc3ccccc3)CC2)C[C@@H]2CC[C@H]1N2. The molecule has 4 nitrogen and oxygen atoms in total. The van der Waals surface area contributed by atoms with Crippen molar-refractivity contribution in [3.63, 3.8) is 0 Å². The highest BCUT2D eigenvalue weighted by Crippen LogP contribution is 2.47. The van der Waals surface area contributed by atoms with E-state index in [1.54, 1.807) is 0 Å². The molecule has 0 aliphatic carbocycles. The average molecular weight is 341 g/mol. The van der Waals surface area contributed by atoms with Crippen molar-refractivity contribution in [2.45, 2.75) is 51.1 Å². The summed E-state index contributed by atoms with van der Waals surface area (Å²) < 4.78 is 0.